The van der Waals surface area contributed by atoms with Crippen molar-refractivity contribution in [2.75, 3.05) is 38.3 Å². The van der Waals surface area contributed by atoms with Gasteiger partial charge in [0.25, 0.3) is 0 Å². The number of carbonyl (C=O) groups is 3. The van der Waals surface area contributed by atoms with Crippen LogP contribution in [0, 0.1) is 5.92 Å². The Kier molecular flexibility index (Phi) is 7.13. The number of nitrogens with zero attached hydrogens (tertiary/aromatic N) is 3. The lowest BCUT2D eigenvalue weighted by molar-refractivity contribution is -0.136. The van der Waals surface area contributed by atoms with Gasteiger partial charge in [-0.15, -0.1) is 0 Å². The number of fused-ring (bicyclic) bond motifs is 2. The molecule has 1 aromatic heterocycles. The summed E-state index contributed by atoms with van der Waals surface area (Å²) in [5.41, 5.74) is 1.22. The van der Waals surface area contributed by atoms with E-state index in [9.17, 15) is 19.2 Å². The molecule has 12 heteroatoms. The number of thioether (sulfide) groups is 1. The molecule has 3 aliphatic heterocycles. The highest BCUT2D eigenvalue weighted by Gasteiger charge is 2.57. The van der Waals surface area contributed by atoms with Crippen LogP contribution in [0.5, 0.6) is 5.75 Å². The molecule has 39 heavy (non-hydrogen) atoms. The Morgan fingerprint density at radius 3 is 2.49 bits per heavy atom. The molecule has 3 aromatic rings. The molecule has 202 valence electrons. The lowest BCUT2D eigenvalue weighted by Gasteiger charge is -2.32. The van der Waals surface area contributed by atoms with Gasteiger partial charge in [-0.25, -0.2) is 4.90 Å². The number of morpholine rings is 1. The van der Waals surface area contributed by atoms with Crippen LogP contribution in [0.25, 0.3) is 0 Å². The van der Waals surface area contributed by atoms with Crippen LogP contribution < -0.4 is 14.5 Å². The zero-order valence-electron chi connectivity index (χ0n) is 20.9. The van der Waals surface area contributed by atoms with E-state index in [1.165, 1.54) is 21.2 Å². The normalized spacial score (nSPS) is 22.6. The van der Waals surface area contributed by atoms with Gasteiger partial charge >= 0.3 is 4.87 Å². The Balaban J connectivity index is 1.46. The van der Waals surface area contributed by atoms with Gasteiger partial charge in [-0.05, 0) is 30.3 Å². The number of rotatable bonds is 5. The molecule has 0 radical (unpaired) electrons. The van der Waals surface area contributed by atoms with E-state index in [0.29, 0.717) is 47.6 Å². The van der Waals surface area contributed by atoms with Gasteiger partial charge in [0.2, 0.25) is 17.7 Å². The van der Waals surface area contributed by atoms with Crippen molar-refractivity contribution in [2.24, 2.45) is 5.92 Å². The number of amides is 3. The molecule has 2 aromatic carbocycles. The summed E-state index contributed by atoms with van der Waals surface area (Å²) >= 11 is 5.63. The summed E-state index contributed by atoms with van der Waals surface area (Å²) in [6.07, 6.45) is 0. The first kappa shape index (κ1) is 26.3. The first-order chi connectivity index (χ1) is 18.9. The van der Waals surface area contributed by atoms with Crippen molar-refractivity contribution >= 4 is 62.4 Å². The van der Waals surface area contributed by atoms with Crippen LogP contribution >= 0.6 is 39.0 Å². The predicted molar refractivity (Wildman–Crippen MR) is 151 cm³/mol. The Morgan fingerprint density at radius 1 is 1.05 bits per heavy atom. The lowest BCUT2D eigenvalue weighted by Crippen LogP contribution is -2.43. The number of ether oxygens (including phenoxy) is 2. The summed E-state index contributed by atoms with van der Waals surface area (Å²) in [4.78, 5) is 57.6. The van der Waals surface area contributed by atoms with Gasteiger partial charge in [0.15, 0.2) is 0 Å². The lowest BCUT2D eigenvalue weighted by atomic mass is 9.82. The van der Waals surface area contributed by atoms with Crippen molar-refractivity contribution in [3.63, 3.8) is 0 Å². The number of methoxy groups -OCH3 is 1. The minimum absolute atomic E-state index is 0.133. The number of hydrogen-bond acceptors (Lipinski definition) is 8. The molecule has 9 nitrogen and oxygen atoms in total. The number of benzene rings is 2. The number of thiazole rings is 1. The van der Waals surface area contributed by atoms with Gasteiger partial charge in [0.05, 0.1) is 37.0 Å². The van der Waals surface area contributed by atoms with Crippen LogP contribution in [-0.4, -0.2) is 65.9 Å². The van der Waals surface area contributed by atoms with Crippen molar-refractivity contribution in [3.05, 3.63) is 73.1 Å². The van der Waals surface area contributed by atoms with Gasteiger partial charge in [-0.1, -0.05) is 57.2 Å². The highest BCUT2D eigenvalue weighted by Crippen LogP contribution is 2.55. The zero-order valence-corrected chi connectivity index (χ0v) is 24.1. The maximum Gasteiger partial charge on any atom is 0.308 e. The molecule has 0 aliphatic carbocycles. The van der Waals surface area contributed by atoms with E-state index < -0.39 is 17.1 Å². The average molecular weight is 631 g/mol. The molecule has 2 unspecified atom stereocenters. The Morgan fingerprint density at radius 2 is 1.77 bits per heavy atom. The summed E-state index contributed by atoms with van der Waals surface area (Å²) in [6, 6.07) is 14.4. The summed E-state index contributed by atoms with van der Waals surface area (Å²) in [7, 11) is 1.55. The van der Waals surface area contributed by atoms with E-state index in [2.05, 4.69) is 15.9 Å². The summed E-state index contributed by atoms with van der Waals surface area (Å²) in [6.45, 7) is 1.72. The van der Waals surface area contributed by atoms with Gasteiger partial charge in [-0.2, -0.15) is 0 Å². The largest absolute Gasteiger partial charge is 0.496 e. The van der Waals surface area contributed by atoms with E-state index in [1.54, 1.807) is 42.3 Å². The topological polar surface area (TPSA) is 98.2 Å². The maximum atomic E-state index is 14.0. The number of carbonyl (C=O) groups excluding carboxylic acids is 3. The minimum atomic E-state index is -0.762. The Hall–Kier alpha value is -2.93. The van der Waals surface area contributed by atoms with Crippen LogP contribution in [0.2, 0.25) is 0 Å². The molecule has 0 spiro atoms. The van der Waals surface area contributed by atoms with Crippen molar-refractivity contribution in [2.45, 2.75) is 22.7 Å². The highest BCUT2D eigenvalue weighted by atomic mass is 79.9. The summed E-state index contributed by atoms with van der Waals surface area (Å²) in [5, 5.41) is -0.204. The molecule has 0 N–H and O–H groups in total. The monoisotopic (exact) mass is 629 g/mol. The SMILES string of the molecule is COc1ccccc1[C@H]1c2sc(=O)n(CC(=O)N3CCOCC3)c2SC2C(=O)N(c3ccc(Br)cc3)C(=O)C21. The number of halogens is 1. The molecule has 4 heterocycles. The summed E-state index contributed by atoms with van der Waals surface area (Å²) in [5.74, 6) is -1.60. The first-order valence-corrected chi connectivity index (χ1v) is 14.9. The van der Waals surface area contributed by atoms with Gasteiger partial charge in [-0.3, -0.25) is 23.7 Å². The second-order valence-electron chi connectivity index (χ2n) is 9.39. The summed E-state index contributed by atoms with van der Waals surface area (Å²) < 4.78 is 13.3. The molecular weight excluding hydrogens is 606 g/mol. The quantitative estimate of drug-likeness (QED) is 0.399. The molecule has 2 saturated heterocycles. The smallest absolute Gasteiger partial charge is 0.308 e. The molecule has 3 aliphatic rings. The van der Waals surface area contributed by atoms with E-state index >= 15 is 0 Å². The number of anilines is 1. The molecule has 3 amide bonds. The van der Waals surface area contributed by atoms with Crippen LogP contribution in [0.4, 0.5) is 5.69 Å². The zero-order chi connectivity index (χ0) is 27.3. The highest BCUT2D eigenvalue weighted by molar-refractivity contribution is 9.10. The third-order valence-electron chi connectivity index (χ3n) is 7.27. The third kappa shape index (κ3) is 4.52. The predicted octanol–water partition coefficient (Wildman–Crippen LogP) is 3.34. The van der Waals surface area contributed by atoms with Gasteiger partial charge in [0, 0.05) is 33.9 Å². The van der Waals surface area contributed by atoms with Crippen LogP contribution in [0.3, 0.4) is 0 Å². The van der Waals surface area contributed by atoms with Crippen LogP contribution in [0.1, 0.15) is 16.4 Å². The van der Waals surface area contributed by atoms with Crippen molar-refractivity contribution in [3.8, 4) is 5.75 Å². The molecule has 6 rings (SSSR count). The van der Waals surface area contributed by atoms with E-state index in [-0.39, 0.29) is 29.1 Å². The molecule has 2 fully saturated rings. The Labute approximate surface area is 240 Å². The fraction of sp³-hybridized carbons (Fsp3) is 0.333. The first-order valence-electron chi connectivity index (χ1n) is 12.4. The maximum absolute atomic E-state index is 14.0. The van der Waals surface area contributed by atoms with E-state index in [4.69, 9.17) is 9.47 Å². The Bertz CT molecular complexity index is 1510. The fourth-order valence-corrected chi connectivity index (χ4v) is 8.43. The van der Waals surface area contributed by atoms with Gasteiger partial charge < -0.3 is 14.4 Å². The van der Waals surface area contributed by atoms with Gasteiger partial charge in [0.1, 0.15) is 17.5 Å². The molecule has 3 atom stereocenters. The minimum Gasteiger partial charge on any atom is -0.496 e. The number of imide groups is 1. The van der Waals surface area contributed by atoms with Crippen molar-refractivity contribution < 1.29 is 23.9 Å². The van der Waals surface area contributed by atoms with Crippen molar-refractivity contribution in [1.82, 2.24) is 9.47 Å². The standard InChI is InChI=1S/C27H24BrN3O6S2/c1-36-18-5-3-2-4-17(18)20-21-22(25(34)31(24(21)33)16-8-6-15(28)7-9-16)38-26-23(20)39-27(35)30(26)14-19(32)29-10-12-37-13-11-29/h2-9,20-22H,10-14H2,1H3/t20-,21?,22?/m1/s1. The van der Waals surface area contributed by atoms with E-state index in [1.807, 2.05) is 18.2 Å². The number of aromatic nitrogens is 1. The fourth-order valence-electron chi connectivity index (χ4n) is 5.41. The second kappa shape index (κ2) is 10.6. The van der Waals surface area contributed by atoms with E-state index in [0.717, 1.165) is 21.4 Å². The second-order valence-corrected chi connectivity index (χ2v) is 12.4. The average Bonchev–Trinajstić information content (AvgIpc) is 3.40. The van der Waals surface area contributed by atoms with Crippen molar-refractivity contribution in [1.29, 1.82) is 0 Å². The molecule has 0 bridgehead atoms. The molecule has 0 saturated carbocycles. The molecular formula is C27H24BrN3O6S2. The third-order valence-corrected chi connectivity index (χ3v) is 10.4. The number of hydrogen-bond donors (Lipinski definition) is 0. The van der Waals surface area contributed by atoms with Crippen LogP contribution in [-0.2, 0) is 25.7 Å². The number of para-hydroxylation sites is 1. The van der Waals surface area contributed by atoms with Crippen LogP contribution in [0.15, 0.2) is 62.8 Å².